The Labute approximate surface area is 125 Å². The van der Waals surface area contributed by atoms with Crippen molar-refractivity contribution in [2.45, 2.75) is 38.9 Å². The van der Waals surface area contributed by atoms with Crippen LogP contribution in [0.1, 0.15) is 38.9 Å². The molecule has 0 radical (unpaired) electrons. The Hall–Kier alpha value is -1.18. The Balaban J connectivity index is 3.10. The van der Waals surface area contributed by atoms with E-state index in [1.165, 1.54) is 13.0 Å². The van der Waals surface area contributed by atoms with Gasteiger partial charge in [0.05, 0.1) is 23.2 Å². The van der Waals surface area contributed by atoms with Gasteiger partial charge in [-0.3, -0.25) is 10.1 Å². The SMILES string of the molecule is CC(O)c1cc(Br)cc([N+](=O)[O-])c1OCCC(C)(C)O. The lowest BCUT2D eigenvalue weighted by Crippen LogP contribution is -2.22. The third-order valence-corrected chi connectivity index (χ3v) is 3.13. The molecule has 0 amide bonds. The fourth-order valence-electron chi connectivity index (χ4n) is 1.61. The number of hydrogen-bond donors (Lipinski definition) is 2. The van der Waals surface area contributed by atoms with Crippen molar-refractivity contribution in [1.82, 2.24) is 0 Å². The van der Waals surface area contributed by atoms with E-state index in [2.05, 4.69) is 15.9 Å². The van der Waals surface area contributed by atoms with Crippen molar-refractivity contribution >= 4 is 21.6 Å². The van der Waals surface area contributed by atoms with E-state index in [4.69, 9.17) is 4.74 Å². The summed E-state index contributed by atoms with van der Waals surface area (Å²) >= 11 is 3.17. The largest absolute Gasteiger partial charge is 0.486 e. The summed E-state index contributed by atoms with van der Waals surface area (Å²) in [6.45, 7) is 4.88. The number of nitro groups is 1. The summed E-state index contributed by atoms with van der Waals surface area (Å²) in [5.74, 6) is 0.0393. The molecule has 0 aliphatic rings. The van der Waals surface area contributed by atoms with E-state index in [0.717, 1.165) is 0 Å². The second-order valence-corrected chi connectivity index (χ2v) is 6.10. The molecule has 1 aromatic rings. The summed E-state index contributed by atoms with van der Waals surface area (Å²) in [5, 5.41) is 30.4. The molecule has 0 saturated heterocycles. The fraction of sp³-hybridized carbons (Fsp3) is 0.538. The first kappa shape index (κ1) is 16.9. The minimum Gasteiger partial charge on any atom is -0.486 e. The van der Waals surface area contributed by atoms with E-state index in [-0.39, 0.29) is 18.0 Å². The second kappa shape index (κ2) is 6.51. The van der Waals surface area contributed by atoms with E-state index in [9.17, 15) is 20.3 Å². The van der Waals surface area contributed by atoms with Crippen LogP contribution in [0.4, 0.5) is 5.69 Å². The van der Waals surface area contributed by atoms with E-state index >= 15 is 0 Å². The van der Waals surface area contributed by atoms with Gasteiger partial charge in [0.1, 0.15) is 0 Å². The summed E-state index contributed by atoms with van der Waals surface area (Å²) in [6, 6.07) is 2.91. The first-order valence-corrected chi connectivity index (χ1v) is 6.92. The van der Waals surface area contributed by atoms with Gasteiger partial charge >= 0.3 is 5.69 Å². The lowest BCUT2D eigenvalue weighted by Gasteiger charge is -2.19. The maximum Gasteiger partial charge on any atom is 0.312 e. The lowest BCUT2D eigenvalue weighted by molar-refractivity contribution is -0.386. The number of rotatable bonds is 6. The van der Waals surface area contributed by atoms with Crippen LogP contribution in [0.5, 0.6) is 5.75 Å². The Morgan fingerprint density at radius 3 is 2.55 bits per heavy atom. The molecule has 112 valence electrons. The zero-order chi connectivity index (χ0) is 15.5. The average Bonchev–Trinajstić information content (AvgIpc) is 2.28. The van der Waals surface area contributed by atoms with Crippen LogP contribution < -0.4 is 4.74 Å². The summed E-state index contributed by atoms with van der Waals surface area (Å²) in [6.07, 6.45) is -0.581. The number of hydrogen-bond acceptors (Lipinski definition) is 5. The number of nitro benzene ring substituents is 1. The molecule has 1 atom stereocenters. The molecule has 1 aromatic carbocycles. The maximum absolute atomic E-state index is 11.1. The maximum atomic E-state index is 11.1. The predicted octanol–water partition coefficient (Wildman–Crippen LogP) is 2.95. The highest BCUT2D eigenvalue weighted by Crippen LogP contribution is 2.38. The van der Waals surface area contributed by atoms with Crippen LogP contribution >= 0.6 is 15.9 Å². The van der Waals surface area contributed by atoms with E-state index in [0.29, 0.717) is 16.5 Å². The molecule has 0 heterocycles. The van der Waals surface area contributed by atoms with Crippen LogP contribution in [0.15, 0.2) is 16.6 Å². The average molecular weight is 348 g/mol. The molecule has 0 fully saturated rings. The highest BCUT2D eigenvalue weighted by molar-refractivity contribution is 9.10. The molecule has 0 bridgehead atoms. The molecule has 0 saturated carbocycles. The molecular formula is C13H18BrNO5. The second-order valence-electron chi connectivity index (χ2n) is 5.19. The van der Waals surface area contributed by atoms with Crippen molar-refractivity contribution in [2.75, 3.05) is 6.61 Å². The number of aliphatic hydroxyl groups is 2. The van der Waals surface area contributed by atoms with Gasteiger partial charge < -0.3 is 14.9 Å². The van der Waals surface area contributed by atoms with Gasteiger partial charge in [0.2, 0.25) is 5.75 Å². The van der Waals surface area contributed by atoms with Crippen molar-refractivity contribution in [2.24, 2.45) is 0 Å². The molecule has 7 heteroatoms. The van der Waals surface area contributed by atoms with Crippen molar-refractivity contribution in [3.05, 3.63) is 32.3 Å². The van der Waals surface area contributed by atoms with Gasteiger partial charge in [0, 0.05) is 22.5 Å². The zero-order valence-corrected chi connectivity index (χ0v) is 13.2. The molecular weight excluding hydrogens is 330 g/mol. The molecule has 0 aliphatic heterocycles. The topological polar surface area (TPSA) is 92.8 Å². The highest BCUT2D eigenvalue weighted by atomic mass is 79.9. The van der Waals surface area contributed by atoms with Crippen LogP contribution in [0.3, 0.4) is 0 Å². The molecule has 0 aliphatic carbocycles. The summed E-state index contributed by atoms with van der Waals surface area (Å²) in [5.41, 5.74) is -0.803. The van der Waals surface area contributed by atoms with Crippen LogP contribution in [0.2, 0.25) is 0 Å². The summed E-state index contributed by atoms with van der Waals surface area (Å²) in [4.78, 5) is 10.5. The molecule has 20 heavy (non-hydrogen) atoms. The zero-order valence-electron chi connectivity index (χ0n) is 11.6. The monoisotopic (exact) mass is 347 g/mol. The predicted molar refractivity (Wildman–Crippen MR) is 77.8 cm³/mol. The van der Waals surface area contributed by atoms with Crippen molar-refractivity contribution < 1.29 is 19.9 Å². The van der Waals surface area contributed by atoms with Gasteiger partial charge in [-0.05, 0) is 26.8 Å². The van der Waals surface area contributed by atoms with E-state index in [1.54, 1.807) is 19.9 Å². The third kappa shape index (κ3) is 4.73. The van der Waals surface area contributed by atoms with Gasteiger partial charge in [-0.1, -0.05) is 15.9 Å². The molecule has 0 aromatic heterocycles. The molecule has 1 rings (SSSR count). The number of nitrogens with zero attached hydrogens (tertiary/aromatic N) is 1. The van der Waals surface area contributed by atoms with E-state index in [1.807, 2.05) is 0 Å². The van der Waals surface area contributed by atoms with Crippen LogP contribution in [0.25, 0.3) is 0 Å². The quantitative estimate of drug-likeness (QED) is 0.609. The lowest BCUT2D eigenvalue weighted by atomic mass is 10.1. The van der Waals surface area contributed by atoms with Crippen LogP contribution in [-0.4, -0.2) is 27.3 Å². The van der Waals surface area contributed by atoms with Gasteiger partial charge in [-0.2, -0.15) is 0 Å². The molecule has 6 nitrogen and oxygen atoms in total. The first-order valence-electron chi connectivity index (χ1n) is 6.13. The van der Waals surface area contributed by atoms with Gasteiger partial charge in [0.25, 0.3) is 0 Å². The minimum absolute atomic E-state index is 0.0393. The van der Waals surface area contributed by atoms with Gasteiger partial charge in [-0.25, -0.2) is 0 Å². The Bertz CT molecular complexity index is 496. The Morgan fingerprint density at radius 2 is 2.10 bits per heavy atom. The van der Waals surface area contributed by atoms with Crippen molar-refractivity contribution in [3.63, 3.8) is 0 Å². The Morgan fingerprint density at radius 1 is 1.50 bits per heavy atom. The number of benzene rings is 1. The normalized spacial score (nSPS) is 13.1. The van der Waals surface area contributed by atoms with E-state index < -0.39 is 16.6 Å². The van der Waals surface area contributed by atoms with Crippen LogP contribution in [-0.2, 0) is 0 Å². The van der Waals surface area contributed by atoms with Gasteiger partial charge in [-0.15, -0.1) is 0 Å². The van der Waals surface area contributed by atoms with Crippen LogP contribution in [0, 0.1) is 10.1 Å². The smallest absolute Gasteiger partial charge is 0.312 e. The number of aliphatic hydroxyl groups excluding tert-OH is 1. The standard InChI is InChI=1S/C13H18BrNO5/c1-8(16)10-6-9(14)7-11(15(18)19)12(10)20-5-4-13(2,3)17/h6-8,16-17H,4-5H2,1-3H3. The molecule has 0 spiro atoms. The van der Waals surface area contributed by atoms with Crippen molar-refractivity contribution in [3.8, 4) is 5.75 Å². The molecule has 1 unspecified atom stereocenters. The minimum atomic E-state index is -0.921. The van der Waals surface area contributed by atoms with Crippen molar-refractivity contribution in [1.29, 1.82) is 0 Å². The summed E-state index contributed by atoms with van der Waals surface area (Å²) < 4.78 is 5.93. The van der Waals surface area contributed by atoms with Gasteiger partial charge in [0.15, 0.2) is 0 Å². The highest BCUT2D eigenvalue weighted by Gasteiger charge is 2.24. The number of halogens is 1. The fourth-order valence-corrected chi connectivity index (χ4v) is 2.07. The third-order valence-electron chi connectivity index (χ3n) is 2.67. The number of ether oxygens (including phenoxy) is 1. The Kier molecular flexibility index (Phi) is 5.50. The first-order chi connectivity index (χ1) is 9.11. The molecule has 2 N–H and O–H groups in total. The summed E-state index contributed by atoms with van der Waals surface area (Å²) in [7, 11) is 0.